The van der Waals surface area contributed by atoms with Gasteiger partial charge in [0.2, 0.25) is 0 Å². The van der Waals surface area contributed by atoms with Crippen molar-refractivity contribution in [1.29, 1.82) is 0 Å². The van der Waals surface area contributed by atoms with Gasteiger partial charge in [0.25, 0.3) is 5.91 Å². The van der Waals surface area contributed by atoms with Crippen molar-refractivity contribution >= 4 is 5.91 Å². The summed E-state index contributed by atoms with van der Waals surface area (Å²) in [6.45, 7) is 0.443. The highest BCUT2D eigenvalue weighted by Crippen LogP contribution is 2.40. The van der Waals surface area contributed by atoms with Gasteiger partial charge in [0.05, 0.1) is 0 Å². The first-order valence-electron chi connectivity index (χ1n) is 5.96. The van der Waals surface area contributed by atoms with Crippen molar-refractivity contribution in [2.75, 3.05) is 0 Å². The minimum atomic E-state index is -0.213. The van der Waals surface area contributed by atoms with Crippen LogP contribution in [0.1, 0.15) is 40.6 Å². The summed E-state index contributed by atoms with van der Waals surface area (Å²) in [7, 11) is 0. The molecule has 1 amide bonds. The third kappa shape index (κ3) is 2.40. The van der Waals surface area contributed by atoms with E-state index >= 15 is 0 Å². The van der Waals surface area contributed by atoms with Gasteiger partial charge < -0.3 is 9.84 Å². The molecular formula is C13H13N3O2. The number of nitrogens with zero attached hydrogens (tertiary/aromatic N) is 2. The molecule has 2 aromatic rings. The van der Waals surface area contributed by atoms with Crippen molar-refractivity contribution in [3.8, 4) is 0 Å². The highest BCUT2D eigenvalue weighted by molar-refractivity contribution is 5.92. The van der Waals surface area contributed by atoms with Crippen molar-refractivity contribution < 1.29 is 9.32 Å². The fourth-order valence-electron chi connectivity index (χ4n) is 1.73. The lowest BCUT2D eigenvalue weighted by atomic mass is 10.2. The first-order valence-corrected chi connectivity index (χ1v) is 5.96. The first kappa shape index (κ1) is 11.0. The third-order valence-electron chi connectivity index (χ3n) is 2.92. The molecule has 1 saturated carbocycles. The van der Waals surface area contributed by atoms with Crippen molar-refractivity contribution in [3.05, 3.63) is 47.6 Å². The van der Waals surface area contributed by atoms with Gasteiger partial charge in [-0.3, -0.25) is 9.78 Å². The molecule has 0 atom stereocenters. The van der Waals surface area contributed by atoms with Crippen LogP contribution in [0.4, 0.5) is 0 Å². The van der Waals surface area contributed by atoms with Crippen LogP contribution in [0.15, 0.2) is 35.1 Å². The van der Waals surface area contributed by atoms with Gasteiger partial charge in [0.1, 0.15) is 5.76 Å². The van der Waals surface area contributed by atoms with E-state index in [0.717, 1.165) is 24.2 Å². The molecule has 1 fully saturated rings. The molecule has 2 aromatic heterocycles. The Kier molecular flexibility index (Phi) is 2.80. The van der Waals surface area contributed by atoms with Crippen LogP contribution in [0, 0.1) is 0 Å². The van der Waals surface area contributed by atoms with E-state index in [2.05, 4.69) is 15.5 Å². The van der Waals surface area contributed by atoms with Gasteiger partial charge in [-0.05, 0) is 24.5 Å². The summed E-state index contributed by atoms with van der Waals surface area (Å²) in [5.41, 5.74) is 1.30. The van der Waals surface area contributed by atoms with Crippen molar-refractivity contribution in [2.45, 2.75) is 25.3 Å². The maximum absolute atomic E-state index is 11.8. The Labute approximate surface area is 104 Å². The Hall–Kier alpha value is -2.17. The van der Waals surface area contributed by atoms with E-state index in [-0.39, 0.29) is 5.91 Å². The van der Waals surface area contributed by atoms with E-state index in [1.165, 1.54) is 0 Å². The van der Waals surface area contributed by atoms with Crippen LogP contribution in [0.2, 0.25) is 0 Å². The zero-order valence-electron chi connectivity index (χ0n) is 9.80. The van der Waals surface area contributed by atoms with Gasteiger partial charge >= 0.3 is 0 Å². The average molecular weight is 243 g/mol. The van der Waals surface area contributed by atoms with Crippen molar-refractivity contribution in [1.82, 2.24) is 15.5 Å². The van der Waals surface area contributed by atoms with E-state index < -0.39 is 0 Å². The summed E-state index contributed by atoms with van der Waals surface area (Å²) in [6.07, 6.45) is 5.68. The smallest absolute Gasteiger partial charge is 0.273 e. The summed E-state index contributed by atoms with van der Waals surface area (Å²) in [4.78, 5) is 15.8. The van der Waals surface area contributed by atoms with Crippen LogP contribution < -0.4 is 5.32 Å². The molecule has 92 valence electrons. The van der Waals surface area contributed by atoms with Crippen LogP contribution >= 0.6 is 0 Å². The molecule has 0 unspecified atom stereocenters. The summed E-state index contributed by atoms with van der Waals surface area (Å²) in [5.74, 6) is 1.08. The number of carbonyl (C=O) groups excluding carboxylic acids is 1. The molecule has 5 nitrogen and oxygen atoms in total. The predicted octanol–water partition coefficient (Wildman–Crippen LogP) is 1.88. The highest BCUT2D eigenvalue weighted by atomic mass is 16.5. The number of aromatic nitrogens is 2. The lowest BCUT2D eigenvalue weighted by molar-refractivity contribution is 0.0941. The molecule has 3 rings (SSSR count). The first-order chi connectivity index (χ1) is 8.83. The molecule has 1 aliphatic carbocycles. The third-order valence-corrected chi connectivity index (χ3v) is 2.92. The molecule has 0 saturated heterocycles. The summed E-state index contributed by atoms with van der Waals surface area (Å²) < 4.78 is 5.14. The minimum absolute atomic E-state index is 0.213. The Bertz CT molecular complexity index is 546. The molecule has 0 radical (unpaired) electrons. The Morgan fingerprint density at radius 1 is 1.50 bits per heavy atom. The standard InChI is InChI=1S/C13H13N3O2/c17-13(15-8-9-2-1-5-14-7-9)11-6-12(18-16-11)10-3-4-10/h1-2,5-7,10H,3-4,8H2,(H,15,17). The summed E-state index contributed by atoms with van der Waals surface area (Å²) >= 11 is 0. The average Bonchev–Trinajstić information content (AvgIpc) is 3.15. The largest absolute Gasteiger partial charge is 0.360 e. The summed E-state index contributed by atoms with van der Waals surface area (Å²) in [5, 5.41) is 6.57. The van der Waals surface area contributed by atoms with Gasteiger partial charge in [-0.15, -0.1) is 0 Å². The number of pyridine rings is 1. The molecule has 0 aromatic carbocycles. The predicted molar refractivity (Wildman–Crippen MR) is 63.9 cm³/mol. The number of carbonyl (C=O) groups is 1. The van der Waals surface area contributed by atoms with E-state index in [1.54, 1.807) is 18.5 Å². The molecule has 0 spiro atoms. The second-order valence-electron chi connectivity index (χ2n) is 4.43. The van der Waals surface area contributed by atoms with Gasteiger partial charge in [-0.2, -0.15) is 0 Å². The SMILES string of the molecule is O=C(NCc1cccnc1)c1cc(C2CC2)on1. The van der Waals surface area contributed by atoms with Crippen LogP contribution in [0.5, 0.6) is 0 Å². The maximum Gasteiger partial charge on any atom is 0.273 e. The molecule has 18 heavy (non-hydrogen) atoms. The topological polar surface area (TPSA) is 68.0 Å². The van der Waals surface area contributed by atoms with Crippen LogP contribution in [0.25, 0.3) is 0 Å². The summed E-state index contributed by atoms with van der Waals surface area (Å²) in [6, 6.07) is 5.48. The monoisotopic (exact) mass is 243 g/mol. The Morgan fingerprint density at radius 3 is 3.11 bits per heavy atom. The lowest BCUT2D eigenvalue weighted by Gasteiger charge is -2.01. The van der Waals surface area contributed by atoms with Crippen LogP contribution in [-0.2, 0) is 6.54 Å². The van der Waals surface area contributed by atoms with Gasteiger partial charge in [0, 0.05) is 30.9 Å². The van der Waals surface area contributed by atoms with Gasteiger partial charge in [-0.25, -0.2) is 0 Å². The van der Waals surface area contributed by atoms with E-state index in [1.807, 2.05) is 12.1 Å². The number of nitrogens with one attached hydrogen (secondary N) is 1. The molecule has 0 bridgehead atoms. The van der Waals surface area contributed by atoms with Crippen molar-refractivity contribution in [3.63, 3.8) is 0 Å². The van der Waals surface area contributed by atoms with Gasteiger partial charge in [-0.1, -0.05) is 11.2 Å². The normalized spacial score (nSPS) is 14.4. The fraction of sp³-hybridized carbons (Fsp3) is 0.308. The van der Waals surface area contributed by atoms with E-state index in [4.69, 9.17) is 4.52 Å². The van der Waals surface area contributed by atoms with Crippen LogP contribution in [0.3, 0.4) is 0 Å². The Morgan fingerprint density at radius 2 is 2.39 bits per heavy atom. The molecule has 2 heterocycles. The Balaban J connectivity index is 1.60. The molecule has 1 N–H and O–H groups in total. The second-order valence-corrected chi connectivity index (χ2v) is 4.43. The second kappa shape index (κ2) is 4.60. The van der Waals surface area contributed by atoms with E-state index in [0.29, 0.717) is 18.2 Å². The molecule has 5 heteroatoms. The number of amides is 1. The zero-order valence-corrected chi connectivity index (χ0v) is 9.80. The quantitative estimate of drug-likeness (QED) is 0.890. The van der Waals surface area contributed by atoms with Gasteiger partial charge in [0.15, 0.2) is 5.69 Å². The number of hydrogen-bond donors (Lipinski definition) is 1. The molecular weight excluding hydrogens is 230 g/mol. The number of hydrogen-bond acceptors (Lipinski definition) is 4. The lowest BCUT2D eigenvalue weighted by Crippen LogP contribution is -2.23. The van der Waals surface area contributed by atoms with Crippen molar-refractivity contribution in [2.24, 2.45) is 0 Å². The maximum atomic E-state index is 11.8. The van der Waals surface area contributed by atoms with Crippen LogP contribution in [-0.4, -0.2) is 16.0 Å². The van der Waals surface area contributed by atoms with E-state index in [9.17, 15) is 4.79 Å². The minimum Gasteiger partial charge on any atom is -0.360 e. The fourth-order valence-corrected chi connectivity index (χ4v) is 1.73. The highest BCUT2D eigenvalue weighted by Gasteiger charge is 2.28. The molecule has 0 aliphatic heterocycles. The number of rotatable bonds is 4. The molecule has 1 aliphatic rings. The zero-order chi connectivity index (χ0) is 12.4.